The summed E-state index contributed by atoms with van der Waals surface area (Å²) >= 11 is 0.838. The summed E-state index contributed by atoms with van der Waals surface area (Å²) in [6.45, 7) is -1.36. The van der Waals surface area contributed by atoms with Crippen molar-refractivity contribution in [3.63, 3.8) is 0 Å². The molecule has 0 spiro atoms. The molecular formula is C21H22F3N3O5S. The first kappa shape index (κ1) is 24.6. The van der Waals surface area contributed by atoms with Gasteiger partial charge in [0.15, 0.2) is 6.61 Å². The van der Waals surface area contributed by atoms with E-state index in [1.165, 1.54) is 0 Å². The number of imide groups is 1. The lowest BCUT2D eigenvalue weighted by atomic mass is 9.96. The molecular weight excluding hydrogens is 463 g/mol. The lowest BCUT2D eigenvalue weighted by molar-refractivity contribution is -0.162. The maximum Gasteiger partial charge on any atom is 0.422 e. The van der Waals surface area contributed by atoms with Crippen LogP contribution in [-0.2, 0) is 14.3 Å². The molecule has 178 valence electrons. The molecule has 0 bridgehead atoms. The van der Waals surface area contributed by atoms with Crippen LogP contribution in [0.25, 0.3) is 6.08 Å². The predicted octanol–water partition coefficient (Wildman–Crippen LogP) is 3.25. The van der Waals surface area contributed by atoms with Crippen molar-refractivity contribution in [1.29, 1.82) is 0 Å². The summed E-state index contributed by atoms with van der Waals surface area (Å²) in [5.74, 6) is -1.15. The second kappa shape index (κ2) is 10.7. The van der Waals surface area contributed by atoms with Gasteiger partial charge in [-0.3, -0.25) is 19.3 Å². The minimum Gasteiger partial charge on any atom is -0.440 e. The van der Waals surface area contributed by atoms with Gasteiger partial charge in [-0.1, -0.05) is 30.3 Å². The van der Waals surface area contributed by atoms with Gasteiger partial charge < -0.3 is 15.0 Å². The monoisotopic (exact) mass is 485 g/mol. The van der Waals surface area contributed by atoms with Gasteiger partial charge in [0.05, 0.1) is 4.91 Å². The molecule has 33 heavy (non-hydrogen) atoms. The lowest BCUT2D eigenvalue weighted by Crippen LogP contribution is -2.45. The maximum atomic E-state index is 12.5. The van der Waals surface area contributed by atoms with Crippen LogP contribution in [0.3, 0.4) is 0 Å². The standard InChI is InChI=1S/C21H22F3N3O5S/c22-21(23,24)13-32-19(30)26-9-6-15(7-10-26)17(28)25-8-11-27-18(29)16(33-20(27)31)12-14-4-2-1-3-5-14/h1-5,12,15H,6-11,13H2,(H,25,28)/b16-12-. The zero-order valence-corrected chi connectivity index (χ0v) is 18.3. The van der Waals surface area contributed by atoms with Crippen LogP contribution < -0.4 is 5.32 Å². The molecule has 1 N–H and O–H groups in total. The van der Waals surface area contributed by atoms with E-state index in [1.807, 2.05) is 30.3 Å². The van der Waals surface area contributed by atoms with Crippen molar-refractivity contribution in [3.05, 3.63) is 40.8 Å². The van der Waals surface area contributed by atoms with Gasteiger partial charge in [-0.15, -0.1) is 0 Å². The number of hydrogen-bond acceptors (Lipinski definition) is 6. The Morgan fingerprint density at radius 2 is 1.82 bits per heavy atom. The highest BCUT2D eigenvalue weighted by Gasteiger charge is 2.35. The molecule has 0 aliphatic carbocycles. The van der Waals surface area contributed by atoms with Crippen LogP contribution in [0.5, 0.6) is 0 Å². The quantitative estimate of drug-likeness (QED) is 0.622. The number of piperidine rings is 1. The van der Waals surface area contributed by atoms with E-state index in [0.29, 0.717) is 4.91 Å². The van der Waals surface area contributed by atoms with E-state index in [9.17, 15) is 32.3 Å². The van der Waals surface area contributed by atoms with Crippen LogP contribution in [0.15, 0.2) is 35.2 Å². The van der Waals surface area contributed by atoms with E-state index >= 15 is 0 Å². The fourth-order valence-corrected chi connectivity index (χ4v) is 4.25. The van der Waals surface area contributed by atoms with Gasteiger partial charge in [-0.05, 0) is 36.2 Å². The molecule has 3 rings (SSSR count). The number of ether oxygens (including phenoxy) is 1. The highest BCUT2D eigenvalue weighted by Crippen LogP contribution is 2.31. The Kier molecular flexibility index (Phi) is 8.01. The third-order valence-electron chi connectivity index (χ3n) is 5.09. The number of nitrogens with zero attached hydrogens (tertiary/aromatic N) is 2. The third kappa shape index (κ3) is 6.98. The highest BCUT2D eigenvalue weighted by molar-refractivity contribution is 8.18. The van der Waals surface area contributed by atoms with Crippen molar-refractivity contribution in [1.82, 2.24) is 15.1 Å². The fourth-order valence-electron chi connectivity index (χ4n) is 3.39. The topological polar surface area (TPSA) is 96.0 Å². The predicted molar refractivity (Wildman–Crippen MR) is 114 cm³/mol. The summed E-state index contributed by atoms with van der Waals surface area (Å²) in [7, 11) is 0. The summed E-state index contributed by atoms with van der Waals surface area (Å²) in [5, 5.41) is 2.26. The highest BCUT2D eigenvalue weighted by atomic mass is 32.2. The van der Waals surface area contributed by atoms with Crippen molar-refractivity contribution in [2.45, 2.75) is 19.0 Å². The number of carbonyl (C=O) groups is 4. The smallest absolute Gasteiger partial charge is 0.422 e. The Labute approximate surface area is 192 Å². The summed E-state index contributed by atoms with van der Waals surface area (Å²) in [4.78, 5) is 51.2. The summed E-state index contributed by atoms with van der Waals surface area (Å²) in [5.41, 5.74) is 0.796. The molecule has 2 aliphatic rings. The van der Waals surface area contributed by atoms with Gasteiger partial charge in [0.25, 0.3) is 11.1 Å². The molecule has 2 saturated heterocycles. The minimum absolute atomic E-state index is 0.0190. The number of halogens is 3. The Balaban J connectivity index is 1.41. The van der Waals surface area contributed by atoms with Gasteiger partial charge in [-0.25, -0.2) is 4.79 Å². The molecule has 0 aromatic heterocycles. The zero-order valence-electron chi connectivity index (χ0n) is 17.5. The van der Waals surface area contributed by atoms with Crippen LogP contribution in [0.4, 0.5) is 22.8 Å². The summed E-state index contributed by atoms with van der Waals surface area (Å²) < 4.78 is 40.7. The maximum absolute atomic E-state index is 12.5. The van der Waals surface area contributed by atoms with E-state index in [2.05, 4.69) is 10.1 Å². The van der Waals surface area contributed by atoms with Crippen LogP contribution in [0.2, 0.25) is 0 Å². The van der Waals surface area contributed by atoms with Gasteiger partial charge in [0.1, 0.15) is 0 Å². The second-order valence-corrected chi connectivity index (χ2v) is 8.46. The van der Waals surface area contributed by atoms with E-state index in [-0.39, 0.29) is 44.9 Å². The summed E-state index contributed by atoms with van der Waals surface area (Å²) in [6.07, 6.45) is -3.48. The molecule has 8 nitrogen and oxygen atoms in total. The fraction of sp³-hybridized carbons (Fsp3) is 0.429. The number of alkyl halides is 3. The number of hydrogen-bond donors (Lipinski definition) is 1. The lowest BCUT2D eigenvalue weighted by Gasteiger charge is -2.30. The van der Waals surface area contributed by atoms with Crippen molar-refractivity contribution in [2.24, 2.45) is 5.92 Å². The largest absolute Gasteiger partial charge is 0.440 e. The van der Waals surface area contributed by atoms with Gasteiger partial charge in [0, 0.05) is 32.1 Å². The molecule has 1 aromatic carbocycles. The Bertz CT molecular complexity index is 931. The molecule has 2 fully saturated rings. The molecule has 0 atom stereocenters. The first-order chi connectivity index (χ1) is 15.6. The van der Waals surface area contributed by atoms with Crippen LogP contribution in [0, 0.1) is 5.92 Å². The summed E-state index contributed by atoms with van der Waals surface area (Å²) in [6, 6.07) is 9.11. The normalized spacial score (nSPS) is 18.7. The number of carbonyl (C=O) groups excluding carboxylic acids is 4. The molecule has 2 aliphatic heterocycles. The van der Waals surface area contributed by atoms with Crippen LogP contribution in [-0.4, -0.2) is 71.9 Å². The van der Waals surface area contributed by atoms with Crippen molar-refractivity contribution < 1.29 is 37.1 Å². The molecule has 0 radical (unpaired) electrons. The average molecular weight is 485 g/mol. The van der Waals surface area contributed by atoms with Gasteiger partial charge in [0.2, 0.25) is 5.91 Å². The molecule has 12 heteroatoms. The minimum atomic E-state index is -4.59. The first-order valence-corrected chi connectivity index (χ1v) is 11.0. The molecule has 2 heterocycles. The number of thioether (sulfide) groups is 1. The Morgan fingerprint density at radius 1 is 1.15 bits per heavy atom. The second-order valence-electron chi connectivity index (χ2n) is 7.47. The number of amides is 4. The Morgan fingerprint density at radius 3 is 2.45 bits per heavy atom. The number of likely N-dealkylation sites (tertiary alicyclic amines) is 1. The first-order valence-electron chi connectivity index (χ1n) is 10.2. The molecule has 0 unspecified atom stereocenters. The van der Waals surface area contributed by atoms with E-state index in [1.54, 1.807) is 6.08 Å². The molecule has 4 amide bonds. The van der Waals surface area contributed by atoms with E-state index in [0.717, 1.165) is 27.1 Å². The number of benzene rings is 1. The average Bonchev–Trinajstić information content (AvgIpc) is 3.05. The van der Waals surface area contributed by atoms with E-state index in [4.69, 9.17) is 0 Å². The van der Waals surface area contributed by atoms with Crippen molar-refractivity contribution >= 4 is 41.0 Å². The number of rotatable bonds is 6. The van der Waals surface area contributed by atoms with Gasteiger partial charge in [-0.2, -0.15) is 13.2 Å². The molecule has 1 aromatic rings. The van der Waals surface area contributed by atoms with Crippen LogP contribution in [0.1, 0.15) is 18.4 Å². The van der Waals surface area contributed by atoms with Gasteiger partial charge >= 0.3 is 12.3 Å². The number of nitrogens with one attached hydrogen (secondary N) is 1. The van der Waals surface area contributed by atoms with Crippen molar-refractivity contribution in [2.75, 3.05) is 32.8 Å². The third-order valence-corrected chi connectivity index (χ3v) is 6.00. The SMILES string of the molecule is O=C(NCCN1C(=O)S/C(=C\c2ccccc2)C1=O)C1CCN(C(=O)OCC(F)(F)F)CC1. The van der Waals surface area contributed by atoms with Crippen molar-refractivity contribution in [3.8, 4) is 0 Å². The van der Waals surface area contributed by atoms with Crippen LogP contribution >= 0.6 is 11.8 Å². The molecule has 0 saturated carbocycles. The zero-order chi connectivity index (χ0) is 24.0. The van der Waals surface area contributed by atoms with E-state index < -0.39 is 35.9 Å². The Hall–Kier alpha value is -3.02.